The van der Waals surface area contributed by atoms with Crippen LogP contribution in [0.2, 0.25) is 5.02 Å². The molecular formula is C16H21ClN2O4. The fourth-order valence-electron chi connectivity index (χ4n) is 2.36. The number of hydrogen-bond acceptors (Lipinski definition) is 4. The fraction of sp³-hybridized carbons (Fsp3) is 0.500. The van der Waals surface area contributed by atoms with Crippen molar-refractivity contribution in [2.24, 2.45) is 0 Å². The minimum absolute atomic E-state index is 0.0565. The summed E-state index contributed by atoms with van der Waals surface area (Å²) in [7, 11) is 1.61. The predicted octanol–water partition coefficient (Wildman–Crippen LogP) is 2.00. The minimum atomic E-state index is -0.579. The third-order valence-corrected chi connectivity index (χ3v) is 3.78. The first kappa shape index (κ1) is 17.6. The van der Waals surface area contributed by atoms with E-state index < -0.39 is 6.10 Å². The molecule has 0 aliphatic carbocycles. The first-order chi connectivity index (χ1) is 11.1. The number of halogens is 1. The maximum absolute atomic E-state index is 12.5. The Morgan fingerprint density at radius 3 is 2.96 bits per heavy atom. The van der Waals surface area contributed by atoms with E-state index >= 15 is 0 Å². The van der Waals surface area contributed by atoms with E-state index in [4.69, 9.17) is 21.1 Å². The molecule has 1 aromatic rings. The zero-order valence-electron chi connectivity index (χ0n) is 13.3. The molecule has 1 heterocycles. The standard InChI is InChI=1S/C16H21ClN2O4/c1-3-13-16(21)19(10-15(20)18-7-4-8-22-2)12-9-11(17)5-6-14(12)23-13/h5-6,9,13H,3-4,7-8,10H2,1-2H3,(H,18,20). The maximum Gasteiger partial charge on any atom is 0.268 e. The molecular weight excluding hydrogens is 320 g/mol. The van der Waals surface area contributed by atoms with Gasteiger partial charge in [0, 0.05) is 25.3 Å². The highest BCUT2D eigenvalue weighted by atomic mass is 35.5. The second kappa shape index (κ2) is 8.17. The zero-order chi connectivity index (χ0) is 16.8. The van der Waals surface area contributed by atoms with Crippen molar-refractivity contribution in [2.45, 2.75) is 25.9 Å². The number of anilines is 1. The number of nitrogens with one attached hydrogen (secondary N) is 1. The number of nitrogens with zero attached hydrogens (tertiary/aromatic N) is 1. The van der Waals surface area contributed by atoms with E-state index in [2.05, 4.69) is 5.32 Å². The Balaban J connectivity index is 2.11. The molecule has 6 nitrogen and oxygen atoms in total. The molecule has 1 N–H and O–H groups in total. The summed E-state index contributed by atoms with van der Waals surface area (Å²) in [6.45, 7) is 2.89. The van der Waals surface area contributed by atoms with E-state index in [1.54, 1.807) is 25.3 Å². The SMILES string of the molecule is CCC1Oc2ccc(Cl)cc2N(CC(=O)NCCCOC)C1=O. The Kier molecular flexibility index (Phi) is 6.24. The normalized spacial score (nSPS) is 16.7. The van der Waals surface area contributed by atoms with Gasteiger partial charge in [0.1, 0.15) is 12.3 Å². The Hall–Kier alpha value is -1.79. The average Bonchev–Trinajstić information content (AvgIpc) is 2.54. The molecule has 0 radical (unpaired) electrons. The van der Waals surface area contributed by atoms with Gasteiger partial charge in [-0.15, -0.1) is 0 Å². The monoisotopic (exact) mass is 340 g/mol. The molecule has 7 heteroatoms. The van der Waals surface area contributed by atoms with Crippen molar-refractivity contribution in [1.82, 2.24) is 5.32 Å². The molecule has 1 aliphatic rings. The molecule has 2 amide bonds. The molecule has 0 bridgehead atoms. The van der Waals surface area contributed by atoms with Crippen LogP contribution in [0.3, 0.4) is 0 Å². The van der Waals surface area contributed by atoms with Crippen molar-refractivity contribution in [1.29, 1.82) is 0 Å². The summed E-state index contributed by atoms with van der Waals surface area (Å²) in [6.07, 6.45) is 0.677. The second-order valence-corrected chi connectivity index (χ2v) is 5.68. The van der Waals surface area contributed by atoms with Crippen LogP contribution in [0.1, 0.15) is 19.8 Å². The summed E-state index contributed by atoms with van der Waals surface area (Å²) < 4.78 is 10.6. The van der Waals surface area contributed by atoms with Crippen LogP contribution < -0.4 is 15.0 Å². The van der Waals surface area contributed by atoms with E-state index in [-0.39, 0.29) is 18.4 Å². The van der Waals surface area contributed by atoms with Crippen LogP contribution >= 0.6 is 11.6 Å². The van der Waals surface area contributed by atoms with Crippen molar-refractivity contribution in [3.05, 3.63) is 23.2 Å². The predicted molar refractivity (Wildman–Crippen MR) is 88.0 cm³/mol. The molecule has 126 valence electrons. The fourth-order valence-corrected chi connectivity index (χ4v) is 2.53. The molecule has 1 atom stereocenters. The zero-order valence-corrected chi connectivity index (χ0v) is 14.1. The van der Waals surface area contributed by atoms with Crippen LogP contribution in [0.15, 0.2) is 18.2 Å². The van der Waals surface area contributed by atoms with Crippen LogP contribution in [0.25, 0.3) is 0 Å². The van der Waals surface area contributed by atoms with Crippen molar-refractivity contribution in [3.63, 3.8) is 0 Å². The van der Waals surface area contributed by atoms with E-state index in [1.165, 1.54) is 4.90 Å². The van der Waals surface area contributed by atoms with Crippen LogP contribution in [0, 0.1) is 0 Å². The van der Waals surface area contributed by atoms with Crippen molar-refractivity contribution >= 4 is 29.1 Å². The van der Waals surface area contributed by atoms with E-state index in [9.17, 15) is 9.59 Å². The van der Waals surface area contributed by atoms with Gasteiger partial charge in [-0.05, 0) is 31.0 Å². The molecule has 1 aliphatic heterocycles. The number of carbonyl (C=O) groups excluding carboxylic acids is 2. The lowest BCUT2D eigenvalue weighted by Gasteiger charge is -2.33. The molecule has 0 fully saturated rings. The van der Waals surface area contributed by atoms with Gasteiger partial charge in [0.25, 0.3) is 5.91 Å². The third-order valence-electron chi connectivity index (χ3n) is 3.54. The van der Waals surface area contributed by atoms with Gasteiger partial charge >= 0.3 is 0 Å². The van der Waals surface area contributed by atoms with Crippen LogP contribution in [0.4, 0.5) is 5.69 Å². The summed E-state index contributed by atoms with van der Waals surface area (Å²) in [6, 6.07) is 5.06. The number of rotatable bonds is 7. The number of carbonyl (C=O) groups is 2. The molecule has 1 unspecified atom stereocenters. The lowest BCUT2D eigenvalue weighted by atomic mass is 10.1. The summed E-state index contributed by atoms with van der Waals surface area (Å²) in [5, 5.41) is 3.26. The summed E-state index contributed by atoms with van der Waals surface area (Å²) in [4.78, 5) is 26.0. The largest absolute Gasteiger partial charge is 0.478 e. The highest BCUT2D eigenvalue weighted by Gasteiger charge is 2.34. The van der Waals surface area contributed by atoms with Crippen molar-refractivity contribution < 1.29 is 19.1 Å². The number of hydrogen-bond donors (Lipinski definition) is 1. The lowest BCUT2D eigenvalue weighted by molar-refractivity contribution is -0.129. The van der Waals surface area contributed by atoms with Gasteiger partial charge in [0.15, 0.2) is 6.10 Å². The highest BCUT2D eigenvalue weighted by Crippen LogP contribution is 2.36. The second-order valence-electron chi connectivity index (χ2n) is 5.25. The first-order valence-corrected chi connectivity index (χ1v) is 7.97. The van der Waals surface area contributed by atoms with Crippen LogP contribution in [-0.2, 0) is 14.3 Å². The van der Waals surface area contributed by atoms with E-state index in [0.29, 0.717) is 36.0 Å². The first-order valence-electron chi connectivity index (χ1n) is 7.60. The molecule has 23 heavy (non-hydrogen) atoms. The number of amides is 2. The highest BCUT2D eigenvalue weighted by molar-refractivity contribution is 6.31. The molecule has 0 aromatic heterocycles. The Labute approximate surface area is 140 Å². The van der Waals surface area contributed by atoms with Gasteiger partial charge in [0.05, 0.1) is 5.69 Å². The Morgan fingerprint density at radius 1 is 1.48 bits per heavy atom. The summed E-state index contributed by atoms with van der Waals surface area (Å²) in [5.74, 6) is 0.111. The molecule has 1 aromatic carbocycles. The van der Waals surface area contributed by atoms with Gasteiger partial charge in [-0.25, -0.2) is 0 Å². The number of benzene rings is 1. The number of methoxy groups -OCH3 is 1. The van der Waals surface area contributed by atoms with E-state index in [1.807, 2.05) is 6.92 Å². The van der Waals surface area contributed by atoms with Gasteiger partial charge in [-0.1, -0.05) is 18.5 Å². The van der Waals surface area contributed by atoms with Crippen LogP contribution in [-0.4, -0.2) is 44.7 Å². The Bertz CT molecular complexity index is 579. The topological polar surface area (TPSA) is 67.9 Å². The van der Waals surface area contributed by atoms with Crippen molar-refractivity contribution in [3.8, 4) is 5.75 Å². The van der Waals surface area contributed by atoms with Crippen molar-refractivity contribution in [2.75, 3.05) is 31.7 Å². The molecule has 0 saturated carbocycles. The van der Waals surface area contributed by atoms with Gasteiger partial charge < -0.3 is 14.8 Å². The minimum Gasteiger partial charge on any atom is -0.478 e. The molecule has 0 spiro atoms. The smallest absolute Gasteiger partial charge is 0.268 e. The summed E-state index contributed by atoms with van der Waals surface area (Å²) in [5.41, 5.74) is 0.527. The van der Waals surface area contributed by atoms with Gasteiger partial charge in [-0.3, -0.25) is 14.5 Å². The maximum atomic E-state index is 12.5. The average molecular weight is 341 g/mol. The number of ether oxygens (including phenoxy) is 2. The van der Waals surface area contributed by atoms with E-state index in [0.717, 1.165) is 6.42 Å². The molecule has 2 rings (SSSR count). The molecule has 0 saturated heterocycles. The third kappa shape index (κ3) is 4.36. The Morgan fingerprint density at radius 2 is 2.26 bits per heavy atom. The van der Waals surface area contributed by atoms with Crippen LogP contribution in [0.5, 0.6) is 5.75 Å². The summed E-state index contributed by atoms with van der Waals surface area (Å²) >= 11 is 6.01. The van der Waals surface area contributed by atoms with Gasteiger partial charge in [0.2, 0.25) is 5.91 Å². The van der Waals surface area contributed by atoms with Gasteiger partial charge in [-0.2, -0.15) is 0 Å². The lowest BCUT2D eigenvalue weighted by Crippen LogP contribution is -2.49. The quantitative estimate of drug-likeness (QED) is 0.771. The number of fused-ring (bicyclic) bond motifs is 1.